The molecule has 38 heavy (non-hydrogen) atoms. The second-order valence-corrected chi connectivity index (χ2v) is 9.63. The van der Waals surface area contributed by atoms with Crippen molar-refractivity contribution in [2.24, 2.45) is 0 Å². The highest BCUT2D eigenvalue weighted by molar-refractivity contribution is 6.31. The minimum absolute atomic E-state index is 0.0470. The average molecular weight is 546 g/mol. The fourth-order valence-corrected chi connectivity index (χ4v) is 4.83. The SMILES string of the molecule is O=C(Nc1ccc(Cl)c(C(F)(F)F)c1)N(CCC(c1ccccc1)c1ccccc1)CCN1CCOCC1. The van der Waals surface area contributed by atoms with Crippen LogP contribution in [0.4, 0.5) is 23.7 Å². The minimum Gasteiger partial charge on any atom is -0.379 e. The maximum atomic E-state index is 13.4. The molecule has 3 aromatic carbocycles. The van der Waals surface area contributed by atoms with E-state index < -0.39 is 22.8 Å². The Bertz CT molecular complexity index is 1130. The van der Waals surface area contributed by atoms with Crippen LogP contribution in [0.5, 0.6) is 0 Å². The lowest BCUT2D eigenvalue weighted by molar-refractivity contribution is -0.137. The number of nitrogens with one attached hydrogen (secondary N) is 1. The van der Waals surface area contributed by atoms with Gasteiger partial charge >= 0.3 is 12.2 Å². The quantitative estimate of drug-likeness (QED) is 0.323. The molecule has 1 saturated heterocycles. The number of benzene rings is 3. The third kappa shape index (κ3) is 7.72. The molecule has 9 heteroatoms. The Balaban J connectivity index is 1.52. The summed E-state index contributed by atoms with van der Waals surface area (Å²) in [6.45, 7) is 4.33. The molecule has 1 N–H and O–H groups in total. The highest BCUT2D eigenvalue weighted by atomic mass is 35.5. The molecule has 0 unspecified atom stereocenters. The molecular weight excluding hydrogens is 515 g/mol. The van der Waals surface area contributed by atoms with E-state index in [2.05, 4.69) is 34.5 Å². The predicted octanol–water partition coefficient (Wildman–Crippen LogP) is 6.75. The van der Waals surface area contributed by atoms with Gasteiger partial charge in [0.15, 0.2) is 0 Å². The number of halogens is 4. The Hall–Kier alpha value is -3.07. The molecule has 0 bridgehead atoms. The standard InChI is InChI=1S/C29H31ClF3N3O2/c30-27-12-11-24(21-26(27)29(31,32)33)34-28(37)36(16-15-35-17-19-38-20-18-35)14-13-25(22-7-3-1-4-8-22)23-9-5-2-6-10-23/h1-12,21,25H,13-20H2,(H,34,37). The van der Waals surface area contributed by atoms with E-state index in [9.17, 15) is 18.0 Å². The Morgan fingerprint density at radius 2 is 1.55 bits per heavy atom. The Morgan fingerprint density at radius 1 is 0.947 bits per heavy atom. The Kier molecular flexibility index (Phi) is 9.66. The van der Waals surface area contributed by atoms with Gasteiger partial charge in [-0.15, -0.1) is 0 Å². The molecule has 0 aliphatic carbocycles. The average Bonchev–Trinajstić information content (AvgIpc) is 2.92. The summed E-state index contributed by atoms with van der Waals surface area (Å²) >= 11 is 5.76. The van der Waals surface area contributed by atoms with Crippen LogP contribution < -0.4 is 5.32 Å². The summed E-state index contributed by atoms with van der Waals surface area (Å²) < 4.78 is 45.5. The minimum atomic E-state index is -4.62. The third-order valence-electron chi connectivity index (χ3n) is 6.69. The van der Waals surface area contributed by atoms with Gasteiger partial charge < -0.3 is 15.0 Å². The van der Waals surface area contributed by atoms with E-state index in [1.807, 2.05) is 36.4 Å². The van der Waals surface area contributed by atoms with Gasteiger partial charge in [-0.25, -0.2) is 4.79 Å². The van der Waals surface area contributed by atoms with Gasteiger partial charge in [0.25, 0.3) is 0 Å². The van der Waals surface area contributed by atoms with Gasteiger partial charge in [-0.1, -0.05) is 72.3 Å². The van der Waals surface area contributed by atoms with Gasteiger partial charge in [-0.05, 0) is 35.7 Å². The number of ether oxygens (including phenoxy) is 1. The molecule has 0 spiro atoms. The first kappa shape index (κ1) is 28.0. The maximum Gasteiger partial charge on any atom is 0.417 e. The first-order valence-electron chi connectivity index (χ1n) is 12.6. The van der Waals surface area contributed by atoms with Crippen LogP contribution in [0.2, 0.25) is 5.02 Å². The number of morpholine rings is 1. The van der Waals surface area contributed by atoms with Crippen LogP contribution in [0, 0.1) is 0 Å². The van der Waals surface area contributed by atoms with Gasteiger partial charge in [0.1, 0.15) is 0 Å². The van der Waals surface area contributed by atoms with Crippen molar-refractivity contribution in [3.63, 3.8) is 0 Å². The lowest BCUT2D eigenvalue weighted by Gasteiger charge is -2.31. The normalized spacial score (nSPS) is 14.4. The number of carbonyl (C=O) groups excluding carboxylic acids is 1. The van der Waals surface area contributed by atoms with E-state index in [1.165, 1.54) is 6.07 Å². The van der Waals surface area contributed by atoms with Crippen molar-refractivity contribution in [1.29, 1.82) is 0 Å². The molecule has 0 aromatic heterocycles. The highest BCUT2D eigenvalue weighted by Crippen LogP contribution is 2.36. The van der Waals surface area contributed by atoms with E-state index in [0.717, 1.165) is 36.3 Å². The lowest BCUT2D eigenvalue weighted by atomic mass is 9.88. The predicted molar refractivity (Wildman–Crippen MR) is 144 cm³/mol. The second kappa shape index (κ2) is 13.1. The number of anilines is 1. The van der Waals surface area contributed by atoms with E-state index in [-0.39, 0.29) is 11.6 Å². The molecule has 0 radical (unpaired) electrons. The van der Waals surface area contributed by atoms with Crippen molar-refractivity contribution in [2.45, 2.75) is 18.5 Å². The van der Waals surface area contributed by atoms with Gasteiger partial charge in [0.05, 0.1) is 23.8 Å². The molecule has 202 valence electrons. The van der Waals surface area contributed by atoms with Gasteiger partial charge in [-0.2, -0.15) is 13.2 Å². The van der Waals surface area contributed by atoms with Crippen LogP contribution in [0.25, 0.3) is 0 Å². The van der Waals surface area contributed by atoms with Crippen LogP contribution in [-0.4, -0.2) is 61.8 Å². The van der Waals surface area contributed by atoms with Crippen molar-refractivity contribution < 1.29 is 22.7 Å². The van der Waals surface area contributed by atoms with Crippen LogP contribution in [0.3, 0.4) is 0 Å². The number of hydrogen-bond acceptors (Lipinski definition) is 3. The van der Waals surface area contributed by atoms with Crippen molar-refractivity contribution in [1.82, 2.24) is 9.80 Å². The molecule has 1 aliphatic rings. The third-order valence-corrected chi connectivity index (χ3v) is 7.02. The molecule has 0 saturated carbocycles. The summed E-state index contributed by atoms with van der Waals surface area (Å²) in [5.41, 5.74) is 1.34. The van der Waals surface area contributed by atoms with Gasteiger partial charge in [0.2, 0.25) is 0 Å². The number of amides is 2. The van der Waals surface area contributed by atoms with E-state index in [4.69, 9.17) is 16.3 Å². The Labute approximate surface area is 226 Å². The smallest absolute Gasteiger partial charge is 0.379 e. The molecule has 1 fully saturated rings. The summed E-state index contributed by atoms with van der Waals surface area (Å²) in [5.74, 6) is 0.0588. The first-order chi connectivity index (χ1) is 18.3. The summed E-state index contributed by atoms with van der Waals surface area (Å²) in [7, 11) is 0. The van der Waals surface area contributed by atoms with Gasteiger partial charge in [0, 0.05) is 44.3 Å². The van der Waals surface area contributed by atoms with Crippen molar-refractivity contribution in [3.8, 4) is 0 Å². The first-order valence-corrected chi connectivity index (χ1v) is 13.0. The number of nitrogens with zero attached hydrogens (tertiary/aromatic N) is 2. The maximum absolute atomic E-state index is 13.4. The van der Waals surface area contributed by atoms with Crippen LogP contribution in [0.1, 0.15) is 29.0 Å². The lowest BCUT2D eigenvalue weighted by Crippen LogP contribution is -2.44. The van der Waals surface area contributed by atoms with E-state index >= 15 is 0 Å². The van der Waals surface area contributed by atoms with Crippen LogP contribution in [-0.2, 0) is 10.9 Å². The molecular formula is C29H31ClF3N3O2. The molecule has 0 atom stereocenters. The van der Waals surface area contributed by atoms with Crippen LogP contribution in [0.15, 0.2) is 78.9 Å². The largest absolute Gasteiger partial charge is 0.417 e. The van der Waals surface area contributed by atoms with E-state index in [1.54, 1.807) is 4.90 Å². The fraction of sp³-hybridized carbons (Fsp3) is 0.345. The molecule has 1 heterocycles. The fourth-order valence-electron chi connectivity index (χ4n) is 4.61. The summed E-state index contributed by atoms with van der Waals surface area (Å²) in [6.07, 6.45) is -3.97. The number of carbonyl (C=O) groups is 1. The summed E-state index contributed by atoms with van der Waals surface area (Å²) in [5, 5.41) is 2.25. The Morgan fingerprint density at radius 3 is 2.13 bits per heavy atom. The zero-order chi connectivity index (χ0) is 27.0. The molecule has 4 rings (SSSR count). The van der Waals surface area contributed by atoms with Gasteiger partial charge in [-0.3, -0.25) is 4.90 Å². The molecule has 1 aliphatic heterocycles. The number of urea groups is 1. The summed E-state index contributed by atoms with van der Waals surface area (Å²) in [6, 6.07) is 23.1. The highest BCUT2D eigenvalue weighted by Gasteiger charge is 2.33. The number of alkyl halides is 3. The van der Waals surface area contributed by atoms with Crippen molar-refractivity contribution in [3.05, 3.63) is 101 Å². The van der Waals surface area contributed by atoms with Crippen molar-refractivity contribution in [2.75, 3.05) is 51.3 Å². The zero-order valence-electron chi connectivity index (χ0n) is 21.0. The van der Waals surface area contributed by atoms with E-state index in [0.29, 0.717) is 39.3 Å². The number of rotatable bonds is 9. The monoisotopic (exact) mass is 545 g/mol. The summed E-state index contributed by atoms with van der Waals surface area (Å²) in [4.78, 5) is 17.3. The van der Waals surface area contributed by atoms with Crippen LogP contribution >= 0.6 is 11.6 Å². The number of hydrogen-bond donors (Lipinski definition) is 1. The molecule has 3 aromatic rings. The topological polar surface area (TPSA) is 44.8 Å². The molecule has 2 amide bonds. The van der Waals surface area contributed by atoms with Crippen molar-refractivity contribution >= 4 is 23.3 Å². The second-order valence-electron chi connectivity index (χ2n) is 9.23. The molecule has 5 nitrogen and oxygen atoms in total. The zero-order valence-corrected chi connectivity index (χ0v) is 21.7.